The molecule has 1 aliphatic heterocycles. The number of nitrogens with one attached hydrogen (secondary N) is 1. The minimum absolute atomic E-state index is 0.0528. The zero-order valence-corrected chi connectivity index (χ0v) is 15.8. The van der Waals surface area contributed by atoms with Crippen molar-refractivity contribution in [1.29, 1.82) is 0 Å². The molecule has 1 N–H and O–H groups in total. The number of nitrogens with zero attached hydrogens (tertiary/aromatic N) is 3. The molecular weight excluding hydrogens is 373 g/mol. The summed E-state index contributed by atoms with van der Waals surface area (Å²) in [6.07, 6.45) is -3.50. The molecule has 0 bridgehead atoms. The first kappa shape index (κ1) is 19.8. The number of amides is 1. The molecule has 0 unspecified atom stereocenters. The van der Waals surface area contributed by atoms with Crippen LogP contribution in [0.25, 0.3) is 11.6 Å². The van der Waals surface area contributed by atoms with Gasteiger partial charge in [-0.3, -0.25) is 10.00 Å². The minimum Gasteiger partial charge on any atom is -0.450 e. The van der Waals surface area contributed by atoms with E-state index >= 15 is 0 Å². The van der Waals surface area contributed by atoms with Crippen molar-refractivity contribution in [1.82, 2.24) is 15.1 Å². The highest BCUT2D eigenvalue weighted by molar-refractivity contribution is 5.86. The number of rotatable bonds is 3. The molecule has 9 heteroatoms. The Kier molecular flexibility index (Phi) is 5.35. The van der Waals surface area contributed by atoms with E-state index in [9.17, 15) is 18.0 Å². The first-order valence-electron chi connectivity index (χ1n) is 8.75. The first-order chi connectivity index (χ1) is 13.2. The molecule has 0 aliphatic carbocycles. The van der Waals surface area contributed by atoms with Crippen molar-refractivity contribution < 1.29 is 22.7 Å². The highest BCUT2D eigenvalue weighted by atomic mass is 19.4. The third kappa shape index (κ3) is 3.97. The summed E-state index contributed by atoms with van der Waals surface area (Å²) in [6, 6.07) is 7.54. The fourth-order valence-corrected chi connectivity index (χ4v) is 3.07. The van der Waals surface area contributed by atoms with Gasteiger partial charge in [-0.25, -0.2) is 4.79 Å². The standard InChI is InChI=1S/C19H21F3N4O2/c1-4-28-18(27)26-10-13(9-12-5-7-14(8-6-12)25(2)3)16-15(11-26)17(24-23-16)19(20,21)22/h5-9H,4,10-11H2,1-3H3,(H,23,24)/b13-9+. The molecule has 1 amide bonds. The monoisotopic (exact) mass is 394 g/mol. The van der Waals surface area contributed by atoms with E-state index in [1.807, 2.05) is 43.3 Å². The third-order valence-corrected chi connectivity index (χ3v) is 4.44. The summed E-state index contributed by atoms with van der Waals surface area (Å²) in [5.74, 6) is 0. The molecule has 1 aromatic carbocycles. The molecule has 3 rings (SSSR count). The molecule has 2 aromatic rings. The summed E-state index contributed by atoms with van der Waals surface area (Å²) < 4.78 is 45.0. The van der Waals surface area contributed by atoms with Gasteiger partial charge in [0.05, 0.1) is 25.4 Å². The van der Waals surface area contributed by atoms with Crippen LogP contribution in [0, 0.1) is 0 Å². The zero-order valence-electron chi connectivity index (χ0n) is 15.8. The van der Waals surface area contributed by atoms with Crippen LogP contribution < -0.4 is 4.90 Å². The Morgan fingerprint density at radius 3 is 2.54 bits per heavy atom. The molecule has 0 radical (unpaired) electrons. The van der Waals surface area contributed by atoms with E-state index in [0.717, 1.165) is 11.3 Å². The quantitative estimate of drug-likeness (QED) is 0.855. The number of alkyl halides is 3. The lowest BCUT2D eigenvalue weighted by atomic mass is 9.98. The summed E-state index contributed by atoms with van der Waals surface area (Å²) in [5.41, 5.74) is 1.55. The predicted molar refractivity (Wildman–Crippen MR) is 99.7 cm³/mol. The maximum atomic E-state index is 13.3. The number of hydrogen-bond acceptors (Lipinski definition) is 4. The molecule has 0 fully saturated rings. The van der Waals surface area contributed by atoms with Gasteiger partial charge in [-0.2, -0.15) is 18.3 Å². The molecule has 0 atom stereocenters. The normalized spacial score (nSPS) is 15.5. The number of aromatic nitrogens is 2. The van der Waals surface area contributed by atoms with Crippen molar-refractivity contribution in [2.24, 2.45) is 0 Å². The van der Waals surface area contributed by atoms with E-state index in [1.54, 1.807) is 13.0 Å². The van der Waals surface area contributed by atoms with Gasteiger partial charge in [-0.1, -0.05) is 12.1 Å². The van der Waals surface area contributed by atoms with Crippen LogP contribution in [0.5, 0.6) is 0 Å². The number of hydrogen-bond donors (Lipinski definition) is 1. The summed E-state index contributed by atoms with van der Waals surface area (Å²) in [6.45, 7) is 1.69. The van der Waals surface area contributed by atoms with Gasteiger partial charge >= 0.3 is 12.3 Å². The van der Waals surface area contributed by atoms with Crippen molar-refractivity contribution in [3.8, 4) is 0 Å². The fourth-order valence-electron chi connectivity index (χ4n) is 3.07. The minimum atomic E-state index is -4.59. The average Bonchev–Trinajstić information content (AvgIpc) is 3.07. The van der Waals surface area contributed by atoms with Crippen LogP contribution in [0.2, 0.25) is 0 Å². The van der Waals surface area contributed by atoms with Gasteiger partial charge in [0.1, 0.15) is 5.69 Å². The van der Waals surface area contributed by atoms with Crippen LogP contribution in [0.4, 0.5) is 23.7 Å². The topological polar surface area (TPSA) is 61.5 Å². The molecule has 1 aliphatic rings. The smallest absolute Gasteiger partial charge is 0.433 e. The van der Waals surface area contributed by atoms with Crippen LogP contribution in [0.15, 0.2) is 24.3 Å². The molecule has 28 heavy (non-hydrogen) atoms. The molecule has 0 spiro atoms. The van der Waals surface area contributed by atoms with Crippen molar-refractivity contribution >= 4 is 23.4 Å². The number of H-pyrrole nitrogens is 1. The number of anilines is 1. The Morgan fingerprint density at radius 1 is 1.29 bits per heavy atom. The highest BCUT2D eigenvalue weighted by Crippen LogP contribution is 2.37. The maximum absolute atomic E-state index is 13.3. The molecule has 0 saturated heterocycles. The summed E-state index contributed by atoms with van der Waals surface area (Å²) in [4.78, 5) is 15.4. The van der Waals surface area contributed by atoms with E-state index < -0.39 is 18.0 Å². The lowest BCUT2D eigenvalue weighted by Gasteiger charge is -2.28. The Morgan fingerprint density at radius 2 is 1.96 bits per heavy atom. The van der Waals surface area contributed by atoms with Gasteiger partial charge in [0.25, 0.3) is 0 Å². The largest absolute Gasteiger partial charge is 0.450 e. The van der Waals surface area contributed by atoms with Gasteiger partial charge in [0, 0.05) is 30.9 Å². The summed E-state index contributed by atoms with van der Waals surface area (Å²) in [7, 11) is 3.83. The highest BCUT2D eigenvalue weighted by Gasteiger charge is 2.40. The summed E-state index contributed by atoms with van der Waals surface area (Å²) >= 11 is 0. The van der Waals surface area contributed by atoms with Crippen molar-refractivity contribution in [3.05, 3.63) is 46.8 Å². The van der Waals surface area contributed by atoms with Gasteiger partial charge in [-0.15, -0.1) is 0 Å². The molecule has 2 heterocycles. The van der Waals surface area contributed by atoms with E-state index in [0.29, 0.717) is 5.57 Å². The first-order valence-corrected chi connectivity index (χ1v) is 8.75. The van der Waals surface area contributed by atoms with Crippen LogP contribution in [0.1, 0.15) is 29.4 Å². The lowest BCUT2D eigenvalue weighted by Crippen LogP contribution is -2.36. The third-order valence-electron chi connectivity index (χ3n) is 4.44. The molecule has 150 valence electrons. The van der Waals surface area contributed by atoms with Crippen molar-refractivity contribution in [3.63, 3.8) is 0 Å². The van der Waals surface area contributed by atoms with Gasteiger partial charge in [0.15, 0.2) is 0 Å². The second kappa shape index (κ2) is 7.57. The lowest BCUT2D eigenvalue weighted by molar-refractivity contribution is -0.142. The van der Waals surface area contributed by atoms with E-state index in [2.05, 4.69) is 10.2 Å². The maximum Gasteiger partial charge on any atom is 0.433 e. The fraction of sp³-hybridized carbons (Fsp3) is 0.368. The van der Waals surface area contributed by atoms with Gasteiger partial charge in [-0.05, 0) is 30.7 Å². The SMILES string of the molecule is CCOC(=O)N1C/C(=C\c2ccc(N(C)C)cc2)c2n[nH]c(C(F)(F)F)c2C1. The Labute approximate surface area is 160 Å². The van der Waals surface area contributed by atoms with Crippen LogP contribution >= 0.6 is 0 Å². The number of benzene rings is 1. The second-order valence-electron chi connectivity index (χ2n) is 6.63. The van der Waals surface area contributed by atoms with Crippen molar-refractivity contribution in [2.45, 2.75) is 19.6 Å². The number of carbonyl (C=O) groups is 1. The molecule has 6 nitrogen and oxygen atoms in total. The van der Waals surface area contributed by atoms with Crippen LogP contribution in [0.3, 0.4) is 0 Å². The number of carbonyl (C=O) groups excluding carboxylic acids is 1. The summed E-state index contributed by atoms with van der Waals surface area (Å²) in [5, 5.41) is 5.97. The van der Waals surface area contributed by atoms with E-state index in [-0.39, 0.29) is 31.0 Å². The predicted octanol–water partition coefficient (Wildman–Crippen LogP) is 4.01. The Hall–Kier alpha value is -2.97. The van der Waals surface area contributed by atoms with E-state index in [1.165, 1.54) is 4.90 Å². The molecule has 0 saturated carbocycles. The molecule has 1 aromatic heterocycles. The zero-order chi connectivity index (χ0) is 20.5. The Balaban J connectivity index is 2.02. The second-order valence-corrected chi connectivity index (χ2v) is 6.63. The number of aromatic amines is 1. The number of fused-ring (bicyclic) bond motifs is 1. The molecular formula is C19H21F3N4O2. The van der Waals surface area contributed by atoms with Gasteiger partial charge in [0.2, 0.25) is 0 Å². The number of ether oxygens (including phenoxy) is 1. The average molecular weight is 394 g/mol. The van der Waals surface area contributed by atoms with E-state index in [4.69, 9.17) is 4.74 Å². The van der Waals surface area contributed by atoms with Crippen LogP contribution in [-0.2, 0) is 17.5 Å². The Bertz CT molecular complexity index is 886. The number of halogens is 3. The van der Waals surface area contributed by atoms with Crippen molar-refractivity contribution in [2.75, 3.05) is 32.1 Å². The van der Waals surface area contributed by atoms with Crippen LogP contribution in [-0.4, -0.2) is 48.4 Å². The van der Waals surface area contributed by atoms with Gasteiger partial charge < -0.3 is 9.64 Å².